The van der Waals surface area contributed by atoms with Crippen molar-refractivity contribution in [3.63, 3.8) is 0 Å². The second-order valence-electron chi connectivity index (χ2n) is 5.63. The van der Waals surface area contributed by atoms with Gasteiger partial charge < -0.3 is 4.57 Å². The first-order valence-electron chi connectivity index (χ1n) is 7.85. The Bertz CT molecular complexity index is 908. The lowest BCUT2D eigenvalue weighted by Gasteiger charge is -2.20. The number of benzene rings is 1. The van der Waals surface area contributed by atoms with Crippen LogP contribution in [-0.2, 0) is 13.5 Å². The van der Waals surface area contributed by atoms with Gasteiger partial charge in [-0.15, -0.1) is 11.8 Å². The number of alkyl halides is 3. The largest absolute Gasteiger partial charge is 0.432 e. The zero-order valence-electron chi connectivity index (χ0n) is 14.1. The Kier molecular flexibility index (Phi) is 4.87. The van der Waals surface area contributed by atoms with Crippen molar-refractivity contribution in [2.75, 3.05) is 11.2 Å². The van der Waals surface area contributed by atoms with Gasteiger partial charge in [-0.25, -0.2) is 4.98 Å². The monoisotopic (exact) mass is 379 g/mol. The van der Waals surface area contributed by atoms with E-state index in [1.165, 1.54) is 0 Å². The van der Waals surface area contributed by atoms with Crippen LogP contribution in [0.3, 0.4) is 0 Å². The van der Waals surface area contributed by atoms with E-state index in [-0.39, 0.29) is 5.69 Å². The summed E-state index contributed by atoms with van der Waals surface area (Å²) >= 11 is 1.60. The average Bonchev–Trinajstić information content (AvgIpc) is 2.91. The van der Waals surface area contributed by atoms with Gasteiger partial charge in [-0.2, -0.15) is 18.4 Å². The molecule has 26 heavy (non-hydrogen) atoms. The van der Waals surface area contributed by atoms with Gasteiger partial charge in [-0.1, -0.05) is 13.0 Å². The summed E-state index contributed by atoms with van der Waals surface area (Å²) in [6.45, 7) is 2.01. The number of hydrogen-bond acceptors (Lipinski definition) is 5. The molecule has 0 spiro atoms. The minimum absolute atomic E-state index is 0.224. The summed E-state index contributed by atoms with van der Waals surface area (Å²) in [6, 6.07) is 7.76. The molecule has 1 aromatic carbocycles. The number of halogens is 3. The molecule has 3 rings (SSSR count). The highest BCUT2D eigenvalue weighted by molar-refractivity contribution is 7.99. The number of imidazole rings is 1. The van der Waals surface area contributed by atoms with Crippen LogP contribution in [0.5, 0.6) is 0 Å². The Morgan fingerprint density at radius 2 is 2.08 bits per heavy atom. The van der Waals surface area contributed by atoms with Crippen LogP contribution in [0.15, 0.2) is 28.8 Å². The Balaban J connectivity index is 2.08. The molecule has 9 heteroatoms. The van der Waals surface area contributed by atoms with Crippen molar-refractivity contribution in [1.82, 2.24) is 15.0 Å². The van der Waals surface area contributed by atoms with E-state index in [1.54, 1.807) is 23.4 Å². The lowest BCUT2D eigenvalue weighted by atomic mass is 10.1. The number of anilines is 1. The summed E-state index contributed by atoms with van der Waals surface area (Å²) in [6.07, 6.45) is -3.19. The summed E-state index contributed by atoms with van der Waals surface area (Å²) < 4.78 is 40.4. The van der Waals surface area contributed by atoms with Crippen molar-refractivity contribution < 1.29 is 13.2 Å². The molecule has 0 aliphatic carbocycles. The highest BCUT2D eigenvalue weighted by Crippen LogP contribution is 2.36. The Morgan fingerprint density at radius 1 is 1.31 bits per heavy atom. The predicted octanol–water partition coefficient (Wildman–Crippen LogP) is 4.10. The fourth-order valence-corrected chi connectivity index (χ4v) is 3.55. The van der Waals surface area contributed by atoms with Crippen LogP contribution < -0.4 is 10.9 Å². The van der Waals surface area contributed by atoms with E-state index in [9.17, 15) is 13.2 Å². The van der Waals surface area contributed by atoms with Crippen LogP contribution in [0.25, 0.3) is 17.5 Å². The number of fused-ring (bicyclic) bond motifs is 1. The van der Waals surface area contributed by atoms with E-state index in [0.29, 0.717) is 18.1 Å². The highest BCUT2D eigenvalue weighted by atomic mass is 32.2. The fraction of sp³-hybridized carbons (Fsp3) is 0.294. The average molecular weight is 379 g/mol. The Labute approximate surface area is 152 Å². The molecule has 0 saturated carbocycles. The van der Waals surface area contributed by atoms with E-state index < -0.39 is 11.9 Å². The van der Waals surface area contributed by atoms with E-state index in [1.807, 2.05) is 25.1 Å². The van der Waals surface area contributed by atoms with Crippen LogP contribution in [0.2, 0.25) is 0 Å². The maximum Gasteiger partial charge on any atom is 0.432 e. The molecule has 136 valence electrons. The van der Waals surface area contributed by atoms with E-state index in [2.05, 4.69) is 21.9 Å². The number of allylic oxidation sites excluding steroid dienone is 1. The number of nitriles is 1. The third kappa shape index (κ3) is 3.37. The van der Waals surface area contributed by atoms with Crippen molar-refractivity contribution in [2.45, 2.75) is 24.4 Å². The smallest absolute Gasteiger partial charge is 0.312 e. The minimum atomic E-state index is -4.48. The molecule has 1 aliphatic heterocycles. The normalized spacial score (nSPS) is 13.3. The summed E-state index contributed by atoms with van der Waals surface area (Å²) in [5.41, 5.74) is 5.79. The summed E-state index contributed by atoms with van der Waals surface area (Å²) in [5, 5.41) is 8.89. The van der Waals surface area contributed by atoms with Crippen molar-refractivity contribution in [1.29, 1.82) is 5.26 Å². The van der Waals surface area contributed by atoms with Crippen LogP contribution in [0.4, 0.5) is 19.0 Å². The lowest BCUT2D eigenvalue weighted by molar-refractivity contribution is -0.0951. The van der Waals surface area contributed by atoms with Crippen LogP contribution >= 0.6 is 11.8 Å². The number of nitrogens with zero attached hydrogens (tertiary/aromatic N) is 3. The highest BCUT2D eigenvalue weighted by Gasteiger charge is 2.36. The van der Waals surface area contributed by atoms with Gasteiger partial charge in [0, 0.05) is 17.5 Å². The maximum absolute atomic E-state index is 12.9. The molecule has 2 heterocycles. The third-order valence-electron chi connectivity index (χ3n) is 3.89. The predicted molar refractivity (Wildman–Crippen MR) is 95.1 cm³/mol. The minimum Gasteiger partial charge on any atom is -0.312 e. The van der Waals surface area contributed by atoms with Gasteiger partial charge in [-0.3, -0.25) is 10.9 Å². The molecule has 0 radical (unpaired) electrons. The van der Waals surface area contributed by atoms with Gasteiger partial charge >= 0.3 is 6.18 Å². The molecule has 1 aliphatic rings. The van der Waals surface area contributed by atoms with Crippen LogP contribution in [0, 0.1) is 11.3 Å². The second kappa shape index (κ2) is 6.96. The number of rotatable bonds is 4. The van der Waals surface area contributed by atoms with Crippen molar-refractivity contribution in [3.05, 3.63) is 35.2 Å². The van der Waals surface area contributed by atoms with Crippen molar-refractivity contribution in [2.24, 2.45) is 7.05 Å². The first kappa shape index (κ1) is 18.2. The zero-order valence-corrected chi connectivity index (χ0v) is 14.9. The summed E-state index contributed by atoms with van der Waals surface area (Å²) in [4.78, 5) is 5.35. The Hall–Kier alpha value is -2.60. The molecular weight excluding hydrogens is 363 g/mol. The van der Waals surface area contributed by atoms with Gasteiger partial charge in [-0.05, 0) is 29.5 Å². The number of nitrogens with one attached hydrogen (secondary N) is 2. The first-order valence-corrected chi connectivity index (χ1v) is 8.84. The van der Waals surface area contributed by atoms with Crippen molar-refractivity contribution >= 4 is 23.7 Å². The van der Waals surface area contributed by atoms with Gasteiger partial charge in [0.15, 0.2) is 5.82 Å². The molecule has 0 fully saturated rings. The van der Waals surface area contributed by atoms with Gasteiger partial charge in [0.05, 0.1) is 12.5 Å². The molecule has 1 aromatic heterocycles. The molecule has 5 nitrogen and oxygen atoms in total. The number of hydrogen-bond donors (Lipinski definition) is 2. The topological polar surface area (TPSA) is 65.7 Å². The first-order chi connectivity index (χ1) is 12.3. The molecule has 0 amide bonds. The fourth-order valence-electron chi connectivity index (χ4n) is 2.69. The van der Waals surface area contributed by atoms with E-state index >= 15 is 0 Å². The molecule has 2 N–H and O–H groups in total. The van der Waals surface area contributed by atoms with Gasteiger partial charge in [0.25, 0.3) is 0 Å². The van der Waals surface area contributed by atoms with E-state index in [4.69, 9.17) is 5.26 Å². The SMILES string of the molecule is CCSc1cc(CC#N)ccc1-c1nc2c(n1C)NNC(C(F)(F)F)=C2. The van der Waals surface area contributed by atoms with E-state index in [0.717, 1.165) is 27.9 Å². The summed E-state index contributed by atoms with van der Waals surface area (Å²) in [5.74, 6) is 1.84. The zero-order chi connectivity index (χ0) is 18.9. The number of hydrazine groups is 1. The molecular formula is C17H16F3N5S. The lowest BCUT2D eigenvalue weighted by Crippen LogP contribution is -2.33. The molecule has 0 saturated heterocycles. The summed E-state index contributed by atoms with van der Waals surface area (Å²) in [7, 11) is 1.74. The van der Waals surface area contributed by atoms with Gasteiger partial charge in [0.2, 0.25) is 0 Å². The van der Waals surface area contributed by atoms with Crippen LogP contribution in [-0.4, -0.2) is 21.5 Å². The quantitative estimate of drug-likeness (QED) is 0.783. The maximum atomic E-state index is 12.9. The third-order valence-corrected chi connectivity index (χ3v) is 4.83. The molecule has 0 atom stereocenters. The van der Waals surface area contributed by atoms with Crippen LogP contribution in [0.1, 0.15) is 18.2 Å². The number of thioether (sulfide) groups is 1. The molecule has 2 aromatic rings. The second-order valence-corrected chi connectivity index (χ2v) is 6.94. The van der Waals surface area contributed by atoms with Crippen molar-refractivity contribution in [3.8, 4) is 17.5 Å². The molecule has 0 unspecified atom stereocenters. The standard InChI is InChI=1S/C17H16F3N5S/c1-3-26-13-8-10(6-7-21)4-5-11(13)15-22-12-9-14(17(18,19)20)23-24-16(12)25(15)2/h4-5,8-9,23-24H,3,6H2,1-2H3. The Morgan fingerprint density at radius 3 is 2.73 bits per heavy atom. The number of aromatic nitrogens is 2. The molecule has 0 bridgehead atoms. The van der Waals surface area contributed by atoms with Gasteiger partial charge in [0.1, 0.15) is 17.2 Å².